The maximum absolute atomic E-state index is 12.8. The van der Waals surface area contributed by atoms with E-state index in [1.54, 1.807) is 30.3 Å². The molecule has 3 rings (SSSR count). The average Bonchev–Trinajstić information content (AvgIpc) is 2.77. The minimum Gasteiger partial charge on any atom is -0.535 e. The molecule has 1 aliphatic heterocycles. The van der Waals surface area contributed by atoms with E-state index in [-0.39, 0.29) is 24.4 Å². The standard InChI is InChI=1S/C23H29BN2O6/c1-15(27)20-4-2-3-17-13-18(24(29)32-23(17)20)14-19(28)11-16-5-6-21(30-9-7-25)22(12-16)31-10-8-26/h2-6,12,18,29H,7-11,13-14,25-26H2,1H3/t18-/m1/s1. The van der Waals surface area contributed by atoms with Crippen molar-refractivity contribution in [2.24, 2.45) is 11.5 Å². The summed E-state index contributed by atoms with van der Waals surface area (Å²) in [5.74, 6) is 0.914. The molecule has 0 aromatic heterocycles. The highest BCUT2D eigenvalue weighted by molar-refractivity contribution is 6.47. The zero-order valence-corrected chi connectivity index (χ0v) is 18.2. The topological polar surface area (TPSA) is 134 Å². The van der Waals surface area contributed by atoms with Crippen molar-refractivity contribution in [3.63, 3.8) is 0 Å². The Bertz CT molecular complexity index is 967. The second-order valence-electron chi connectivity index (χ2n) is 7.80. The predicted octanol–water partition coefficient (Wildman–Crippen LogP) is 1.55. The molecule has 5 N–H and O–H groups in total. The monoisotopic (exact) mass is 440 g/mol. The van der Waals surface area contributed by atoms with Crippen LogP contribution in [0, 0.1) is 0 Å². The predicted molar refractivity (Wildman–Crippen MR) is 121 cm³/mol. The lowest BCUT2D eigenvalue weighted by atomic mass is 9.64. The maximum atomic E-state index is 12.8. The van der Waals surface area contributed by atoms with E-state index < -0.39 is 12.9 Å². The zero-order valence-electron chi connectivity index (χ0n) is 18.2. The van der Waals surface area contributed by atoms with Crippen molar-refractivity contribution < 1.29 is 28.7 Å². The summed E-state index contributed by atoms with van der Waals surface area (Å²) in [6.07, 6.45) is 0.787. The normalized spacial score (nSPS) is 15.0. The van der Waals surface area contributed by atoms with Gasteiger partial charge in [0.1, 0.15) is 24.7 Å². The van der Waals surface area contributed by atoms with E-state index in [4.69, 9.17) is 25.6 Å². The minimum atomic E-state index is -1.15. The van der Waals surface area contributed by atoms with Gasteiger partial charge in [0.15, 0.2) is 17.3 Å². The van der Waals surface area contributed by atoms with Gasteiger partial charge < -0.3 is 30.6 Å². The number of hydrogen-bond donors (Lipinski definition) is 3. The molecule has 9 heteroatoms. The molecule has 0 unspecified atom stereocenters. The molecule has 2 aromatic carbocycles. The smallest absolute Gasteiger partial charge is 0.526 e. The summed E-state index contributed by atoms with van der Waals surface area (Å²) in [5, 5.41) is 10.5. The molecule has 0 radical (unpaired) electrons. The highest BCUT2D eigenvalue weighted by Crippen LogP contribution is 2.37. The van der Waals surface area contributed by atoms with Crippen LogP contribution in [0.3, 0.4) is 0 Å². The molecule has 0 aliphatic carbocycles. The molecule has 2 aromatic rings. The fourth-order valence-electron chi connectivity index (χ4n) is 3.76. The first-order valence-corrected chi connectivity index (χ1v) is 10.7. The molecular formula is C23H29BN2O6. The molecule has 170 valence electrons. The van der Waals surface area contributed by atoms with Gasteiger partial charge in [0.2, 0.25) is 0 Å². The zero-order chi connectivity index (χ0) is 23.1. The molecule has 0 fully saturated rings. The Morgan fingerprint density at radius 2 is 1.84 bits per heavy atom. The van der Waals surface area contributed by atoms with Crippen molar-refractivity contribution in [3.05, 3.63) is 53.1 Å². The van der Waals surface area contributed by atoms with E-state index in [9.17, 15) is 14.6 Å². The molecule has 0 amide bonds. The quantitative estimate of drug-likeness (QED) is 0.354. The van der Waals surface area contributed by atoms with Crippen molar-refractivity contribution in [2.45, 2.75) is 32.0 Å². The summed E-state index contributed by atoms with van der Waals surface area (Å²) >= 11 is 0. The van der Waals surface area contributed by atoms with Gasteiger partial charge >= 0.3 is 7.12 Å². The average molecular weight is 440 g/mol. The molecule has 0 spiro atoms. The summed E-state index contributed by atoms with van der Waals surface area (Å²) in [7, 11) is -1.15. The number of hydrogen-bond acceptors (Lipinski definition) is 8. The number of para-hydroxylation sites is 1. The van der Waals surface area contributed by atoms with Crippen molar-refractivity contribution >= 4 is 18.7 Å². The molecule has 0 saturated carbocycles. The molecule has 8 nitrogen and oxygen atoms in total. The third kappa shape index (κ3) is 5.88. The highest BCUT2D eigenvalue weighted by atomic mass is 16.5. The van der Waals surface area contributed by atoms with Crippen molar-refractivity contribution in [3.8, 4) is 17.2 Å². The fourth-order valence-corrected chi connectivity index (χ4v) is 3.76. The second-order valence-corrected chi connectivity index (χ2v) is 7.80. The largest absolute Gasteiger partial charge is 0.535 e. The van der Waals surface area contributed by atoms with Crippen molar-refractivity contribution in [1.29, 1.82) is 0 Å². The molecule has 0 saturated heterocycles. The van der Waals surface area contributed by atoms with Crippen LogP contribution >= 0.6 is 0 Å². The van der Waals surface area contributed by atoms with Crippen LogP contribution < -0.4 is 25.6 Å². The van der Waals surface area contributed by atoms with E-state index in [0.29, 0.717) is 55.5 Å². The lowest BCUT2D eigenvalue weighted by Gasteiger charge is -2.28. The van der Waals surface area contributed by atoms with E-state index in [2.05, 4.69) is 0 Å². The van der Waals surface area contributed by atoms with E-state index in [1.807, 2.05) is 6.07 Å². The third-order valence-corrected chi connectivity index (χ3v) is 5.25. The first-order chi connectivity index (χ1) is 15.4. The number of Topliss-reactive ketones (excluding diaryl/α,β-unsaturated/α-hetero) is 2. The molecule has 1 aliphatic rings. The Labute approximate surface area is 188 Å². The van der Waals surface area contributed by atoms with Crippen molar-refractivity contribution in [2.75, 3.05) is 26.3 Å². The number of carbonyl (C=O) groups is 2. The maximum Gasteiger partial charge on any atom is 0.526 e. The van der Waals surface area contributed by atoms with Gasteiger partial charge in [0, 0.05) is 31.7 Å². The Balaban J connectivity index is 1.67. The van der Waals surface area contributed by atoms with E-state index in [1.165, 1.54) is 6.92 Å². The number of ether oxygens (including phenoxy) is 2. The Kier molecular flexibility index (Phi) is 8.27. The summed E-state index contributed by atoms with van der Waals surface area (Å²) in [5.41, 5.74) is 13.1. The van der Waals surface area contributed by atoms with Gasteiger partial charge in [-0.05, 0) is 42.7 Å². The Hall–Kier alpha value is -2.88. The van der Waals surface area contributed by atoms with Crippen molar-refractivity contribution in [1.82, 2.24) is 0 Å². The number of benzene rings is 2. The van der Waals surface area contributed by atoms with Gasteiger partial charge in [-0.3, -0.25) is 9.59 Å². The van der Waals surface area contributed by atoms with Gasteiger partial charge in [-0.1, -0.05) is 18.2 Å². The van der Waals surface area contributed by atoms with Gasteiger partial charge in [-0.15, -0.1) is 0 Å². The first-order valence-electron chi connectivity index (χ1n) is 10.7. The van der Waals surface area contributed by atoms with Crippen LogP contribution in [0.5, 0.6) is 17.2 Å². The number of carbonyl (C=O) groups excluding carboxylic acids is 2. The summed E-state index contributed by atoms with van der Waals surface area (Å²) in [4.78, 5) is 24.6. The summed E-state index contributed by atoms with van der Waals surface area (Å²) in [6.45, 7) is 2.86. The molecule has 1 heterocycles. The summed E-state index contributed by atoms with van der Waals surface area (Å²) < 4.78 is 16.9. The van der Waals surface area contributed by atoms with Gasteiger partial charge in [0.25, 0.3) is 0 Å². The SMILES string of the molecule is CC(=O)c1cccc2c1OB(O)[C@@H](CC(=O)Cc1ccc(OCCN)c(OCCN)c1)C2. The van der Waals surface area contributed by atoms with Crippen LogP contribution in [-0.2, 0) is 17.6 Å². The van der Waals surface area contributed by atoms with Crippen LogP contribution in [0.4, 0.5) is 0 Å². The molecule has 32 heavy (non-hydrogen) atoms. The van der Waals surface area contributed by atoms with Gasteiger partial charge in [-0.2, -0.15) is 0 Å². The Morgan fingerprint density at radius 1 is 1.12 bits per heavy atom. The van der Waals surface area contributed by atoms with Gasteiger partial charge in [-0.25, -0.2) is 0 Å². The van der Waals surface area contributed by atoms with Crippen LogP contribution in [0.25, 0.3) is 0 Å². The van der Waals surface area contributed by atoms with Crippen LogP contribution in [-0.4, -0.2) is 50.0 Å². The number of rotatable bonds is 11. The Morgan fingerprint density at radius 3 is 2.53 bits per heavy atom. The lowest BCUT2D eigenvalue weighted by molar-refractivity contribution is -0.118. The van der Waals surface area contributed by atoms with Crippen LogP contribution in [0.1, 0.15) is 34.8 Å². The number of fused-ring (bicyclic) bond motifs is 1. The molecule has 1 atom stereocenters. The van der Waals surface area contributed by atoms with Crippen LogP contribution in [0.2, 0.25) is 5.82 Å². The highest BCUT2D eigenvalue weighted by Gasteiger charge is 2.37. The number of nitrogens with two attached hydrogens (primary N) is 2. The van der Waals surface area contributed by atoms with Gasteiger partial charge in [0.05, 0.1) is 5.56 Å². The first kappa shape index (κ1) is 23.8. The molecular weight excluding hydrogens is 411 g/mol. The minimum absolute atomic E-state index is 0.0378. The van der Waals surface area contributed by atoms with Crippen LogP contribution in [0.15, 0.2) is 36.4 Å². The van der Waals surface area contributed by atoms with E-state index >= 15 is 0 Å². The fraction of sp³-hybridized carbons (Fsp3) is 0.391. The molecule has 0 bridgehead atoms. The number of ketones is 2. The third-order valence-electron chi connectivity index (χ3n) is 5.25. The summed E-state index contributed by atoms with van der Waals surface area (Å²) in [6, 6.07) is 10.6. The second kappa shape index (κ2) is 11.1. The van der Waals surface area contributed by atoms with E-state index in [0.717, 1.165) is 11.1 Å². The lowest BCUT2D eigenvalue weighted by Crippen LogP contribution is -2.36.